The van der Waals surface area contributed by atoms with E-state index in [9.17, 15) is 4.39 Å². The monoisotopic (exact) mass is 323 g/mol. The van der Waals surface area contributed by atoms with Crippen LogP contribution in [0.5, 0.6) is 17.2 Å². The average Bonchev–Trinajstić information content (AvgIpc) is 2.45. The summed E-state index contributed by atoms with van der Waals surface area (Å²) >= 11 is 5.92. The summed E-state index contributed by atoms with van der Waals surface area (Å²) in [5.41, 5.74) is 0. The quantitative estimate of drug-likeness (QED) is 0.695. The summed E-state index contributed by atoms with van der Waals surface area (Å²) in [5, 5.41) is 0.558. The third kappa shape index (κ3) is 5.20. The second-order valence-electron chi connectivity index (χ2n) is 5.16. The Labute approximate surface area is 135 Å². The molecule has 118 valence electrons. The van der Waals surface area contributed by atoms with E-state index >= 15 is 0 Å². The normalized spacial score (nSPS) is 10.8. The molecular weight excluding hydrogens is 305 g/mol. The van der Waals surface area contributed by atoms with Crippen molar-refractivity contribution < 1.29 is 13.9 Å². The largest absolute Gasteiger partial charge is 0.490 e. The van der Waals surface area contributed by atoms with E-state index < -0.39 is 0 Å². The highest BCUT2D eigenvalue weighted by Crippen LogP contribution is 2.33. The van der Waals surface area contributed by atoms with Gasteiger partial charge in [-0.1, -0.05) is 17.7 Å². The first-order chi connectivity index (χ1) is 10.5. The Bertz CT molecular complexity index is 619. The van der Waals surface area contributed by atoms with Gasteiger partial charge in [-0.05, 0) is 50.8 Å². The minimum absolute atomic E-state index is 0.340. The highest BCUT2D eigenvalue weighted by atomic mass is 35.5. The molecule has 0 aliphatic rings. The number of hydrogen-bond donors (Lipinski definition) is 0. The molecule has 2 rings (SSSR count). The molecule has 0 atom stereocenters. The second-order valence-corrected chi connectivity index (χ2v) is 5.59. The second kappa shape index (κ2) is 8.01. The lowest BCUT2D eigenvalue weighted by Gasteiger charge is -2.14. The van der Waals surface area contributed by atoms with Gasteiger partial charge in [0.2, 0.25) is 0 Å². The molecule has 2 aromatic carbocycles. The van der Waals surface area contributed by atoms with Crippen LogP contribution in [0.4, 0.5) is 4.39 Å². The molecule has 5 heteroatoms. The van der Waals surface area contributed by atoms with Crippen LogP contribution in [0.2, 0.25) is 5.02 Å². The Kier molecular flexibility index (Phi) is 6.04. The molecule has 0 saturated heterocycles. The molecule has 0 spiro atoms. The van der Waals surface area contributed by atoms with Gasteiger partial charge in [-0.3, -0.25) is 0 Å². The van der Waals surface area contributed by atoms with Gasteiger partial charge in [0.05, 0.1) is 6.61 Å². The average molecular weight is 324 g/mol. The van der Waals surface area contributed by atoms with Gasteiger partial charge in [0.15, 0.2) is 11.5 Å². The Morgan fingerprint density at radius 2 is 1.91 bits per heavy atom. The van der Waals surface area contributed by atoms with Gasteiger partial charge in [-0.25, -0.2) is 4.39 Å². The van der Waals surface area contributed by atoms with Crippen molar-refractivity contribution >= 4 is 11.6 Å². The standard InChI is InChI=1S/C17H19ClFNO2/c1-20(2)9-4-10-21-16-8-7-14(19)12-17(16)22-15-6-3-5-13(18)11-15/h3,5-8,11-12H,4,9-10H2,1-2H3. The molecular formula is C17H19ClFNO2. The van der Waals surface area contributed by atoms with Crippen LogP contribution >= 0.6 is 11.6 Å². The van der Waals surface area contributed by atoms with E-state index in [4.69, 9.17) is 21.1 Å². The van der Waals surface area contributed by atoms with Gasteiger partial charge >= 0.3 is 0 Å². The highest BCUT2D eigenvalue weighted by molar-refractivity contribution is 6.30. The molecule has 0 fully saturated rings. The molecule has 0 aliphatic carbocycles. The summed E-state index contributed by atoms with van der Waals surface area (Å²) in [5.74, 6) is 1.01. The first-order valence-electron chi connectivity index (χ1n) is 7.05. The van der Waals surface area contributed by atoms with Gasteiger partial charge in [0.1, 0.15) is 11.6 Å². The summed E-state index contributed by atoms with van der Waals surface area (Å²) in [7, 11) is 4.01. The maximum atomic E-state index is 13.5. The Balaban J connectivity index is 2.07. The molecule has 0 radical (unpaired) electrons. The molecule has 0 aliphatic heterocycles. The summed E-state index contributed by atoms with van der Waals surface area (Å²) in [6.07, 6.45) is 0.876. The SMILES string of the molecule is CN(C)CCCOc1ccc(F)cc1Oc1cccc(Cl)c1. The molecule has 0 amide bonds. The molecule has 0 saturated carbocycles. The predicted octanol–water partition coefficient (Wildman–Crippen LogP) is 4.60. The van der Waals surface area contributed by atoms with E-state index in [1.807, 2.05) is 14.1 Å². The fourth-order valence-corrected chi connectivity index (χ4v) is 2.08. The first-order valence-corrected chi connectivity index (χ1v) is 7.43. The zero-order valence-corrected chi connectivity index (χ0v) is 13.4. The zero-order valence-electron chi connectivity index (χ0n) is 12.7. The van der Waals surface area contributed by atoms with Crippen LogP contribution in [-0.4, -0.2) is 32.1 Å². The van der Waals surface area contributed by atoms with E-state index in [-0.39, 0.29) is 5.82 Å². The van der Waals surface area contributed by atoms with E-state index in [0.29, 0.717) is 28.9 Å². The number of ether oxygens (including phenoxy) is 2. The number of benzene rings is 2. The number of nitrogens with zero attached hydrogens (tertiary/aromatic N) is 1. The van der Waals surface area contributed by atoms with Crippen LogP contribution in [0.25, 0.3) is 0 Å². The molecule has 0 heterocycles. The van der Waals surface area contributed by atoms with Gasteiger partial charge < -0.3 is 14.4 Å². The van der Waals surface area contributed by atoms with Crippen LogP contribution in [0.1, 0.15) is 6.42 Å². The summed E-state index contributed by atoms with van der Waals surface area (Å²) < 4.78 is 24.8. The predicted molar refractivity (Wildman–Crippen MR) is 86.6 cm³/mol. The van der Waals surface area contributed by atoms with Crippen molar-refractivity contribution in [2.45, 2.75) is 6.42 Å². The fourth-order valence-electron chi connectivity index (χ4n) is 1.90. The topological polar surface area (TPSA) is 21.7 Å². The van der Waals surface area contributed by atoms with Gasteiger partial charge in [-0.2, -0.15) is 0 Å². The van der Waals surface area contributed by atoms with Crippen LogP contribution in [0, 0.1) is 5.82 Å². The van der Waals surface area contributed by atoms with Crippen molar-refractivity contribution in [1.29, 1.82) is 0 Å². The molecule has 3 nitrogen and oxygen atoms in total. The maximum absolute atomic E-state index is 13.5. The maximum Gasteiger partial charge on any atom is 0.172 e. The van der Waals surface area contributed by atoms with Crippen molar-refractivity contribution in [3.8, 4) is 17.2 Å². The Hall–Kier alpha value is -1.78. The summed E-state index contributed by atoms with van der Waals surface area (Å²) in [6.45, 7) is 1.46. The van der Waals surface area contributed by atoms with Crippen LogP contribution in [-0.2, 0) is 0 Å². The number of hydrogen-bond acceptors (Lipinski definition) is 3. The molecule has 22 heavy (non-hydrogen) atoms. The van der Waals surface area contributed by atoms with Crippen molar-refractivity contribution in [2.24, 2.45) is 0 Å². The van der Waals surface area contributed by atoms with Crippen LogP contribution in [0.15, 0.2) is 42.5 Å². The van der Waals surface area contributed by atoms with Crippen molar-refractivity contribution in [3.63, 3.8) is 0 Å². The lowest BCUT2D eigenvalue weighted by Crippen LogP contribution is -2.15. The van der Waals surface area contributed by atoms with E-state index in [2.05, 4.69) is 4.90 Å². The van der Waals surface area contributed by atoms with E-state index in [1.165, 1.54) is 12.1 Å². The zero-order chi connectivity index (χ0) is 15.9. The third-order valence-electron chi connectivity index (χ3n) is 2.94. The van der Waals surface area contributed by atoms with Gasteiger partial charge in [-0.15, -0.1) is 0 Å². The van der Waals surface area contributed by atoms with Crippen molar-refractivity contribution in [1.82, 2.24) is 4.90 Å². The highest BCUT2D eigenvalue weighted by Gasteiger charge is 2.09. The summed E-state index contributed by atoms with van der Waals surface area (Å²) in [6, 6.07) is 11.2. The number of rotatable bonds is 7. The molecule has 0 bridgehead atoms. The first kappa shape index (κ1) is 16.6. The summed E-state index contributed by atoms with van der Waals surface area (Å²) in [4.78, 5) is 2.08. The van der Waals surface area contributed by atoms with Crippen molar-refractivity contribution in [3.05, 3.63) is 53.3 Å². The Morgan fingerprint density at radius 1 is 1.09 bits per heavy atom. The van der Waals surface area contributed by atoms with E-state index in [1.54, 1.807) is 30.3 Å². The Morgan fingerprint density at radius 3 is 2.64 bits per heavy atom. The molecule has 0 N–H and O–H groups in total. The van der Waals surface area contributed by atoms with Crippen LogP contribution < -0.4 is 9.47 Å². The number of halogens is 2. The van der Waals surface area contributed by atoms with Gasteiger partial charge in [0.25, 0.3) is 0 Å². The lowest BCUT2D eigenvalue weighted by atomic mass is 10.3. The van der Waals surface area contributed by atoms with Crippen LogP contribution in [0.3, 0.4) is 0 Å². The minimum atomic E-state index is -0.377. The molecule has 2 aromatic rings. The molecule has 0 unspecified atom stereocenters. The fraction of sp³-hybridized carbons (Fsp3) is 0.294. The van der Waals surface area contributed by atoms with Gasteiger partial charge in [0, 0.05) is 17.6 Å². The van der Waals surface area contributed by atoms with E-state index in [0.717, 1.165) is 13.0 Å². The van der Waals surface area contributed by atoms with Crippen molar-refractivity contribution in [2.75, 3.05) is 27.2 Å². The molecule has 0 aromatic heterocycles. The smallest absolute Gasteiger partial charge is 0.172 e. The third-order valence-corrected chi connectivity index (χ3v) is 3.17. The lowest BCUT2D eigenvalue weighted by molar-refractivity contribution is 0.272. The minimum Gasteiger partial charge on any atom is -0.490 e.